The van der Waals surface area contributed by atoms with E-state index in [9.17, 15) is 9.90 Å². The molecule has 0 bridgehead atoms. The van der Waals surface area contributed by atoms with Crippen LogP contribution in [0.2, 0.25) is 0 Å². The number of ketones is 1. The maximum atomic E-state index is 11.4. The number of phenols is 1. The number of phenolic OH excluding ortho intramolecular Hbond substituents is 1. The first-order valence-corrected chi connectivity index (χ1v) is 4.10. The van der Waals surface area contributed by atoms with Gasteiger partial charge in [0.2, 0.25) is 0 Å². The van der Waals surface area contributed by atoms with Gasteiger partial charge in [-0.15, -0.1) is 0 Å². The van der Waals surface area contributed by atoms with Crippen molar-refractivity contribution in [1.29, 1.82) is 5.26 Å². The Labute approximate surface area is 81.8 Å². The zero-order chi connectivity index (χ0) is 10.6. The van der Waals surface area contributed by atoms with Crippen molar-refractivity contribution in [3.63, 3.8) is 0 Å². The lowest BCUT2D eigenvalue weighted by atomic mass is 10.1. The van der Waals surface area contributed by atoms with Crippen LogP contribution in [0.5, 0.6) is 5.75 Å². The van der Waals surface area contributed by atoms with Crippen molar-refractivity contribution in [2.24, 2.45) is 0 Å². The highest BCUT2D eigenvalue weighted by Crippen LogP contribution is 2.17. The zero-order valence-electron chi connectivity index (χ0n) is 7.74. The summed E-state index contributed by atoms with van der Waals surface area (Å²) >= 11 is 0. The van der Waals surface area contributed by atoms with Gasteiger partial charge in [0.25, 0.3) is 0 Å². The fraction of sp³-hybridized carbons (Fsp3) is 0.200. The summed E-state index contributed by atoms with van der Waals surface area (Å²) in [6.07, 6.45) is 0. The highest BCUT2D eigenvalue weighted by molar-refractivity contribution is 5.98. The number of aromatic hydroxyl groups is 1. The summed E-state index contributed by atoms with van der Waals surface area (Å²) in [6, 6.07) is 6.04. The van der Waals surface area contributed by atoms with E-state index in [-0.39, 0.29) is 23.6 Å². The number of carbonyl (C=O) groups is 1. The minimum atomic E-state index is -0.107. The number of rotatable bonds is 3. The predicted octanol–water partition coefficient (Wildman–Crippen LogP) is 0.666. The van der Waals surface area contributed by atoms with Gasteiger partial charge in [0.05, 0.1) is 12.1 Å². The Morgan fingerprint density at radius 3 is 2.93 bits per heavy atom. The molecule has 0 fully saturated rings. The lowest BCUT2D eigenvalue weighted by molar-refractivity contribution is 0.0993. The molecule has 1 aromatic carbocycles. The Kier molecular flexibility index (Phi) is 3.21. The van der Waals surface area contributed by atoms with E-state index in [0.29, 0.717) is 5.56 Å². The first-order valence-electron chi connectivity index (χ1n) is 4.10. The van der Waals surface area contributed by atoms with E-state index < -0.39 is 0 Å². The third-order valence-electron chi connectivity index (χ3n) is 1.78. The average Bonchev–Trinajstić information content (AvgIpc) is 2.19. The lowest BCUT2D eigenvalue weighted by Gasteiger charge is -2.01. The topological polar surface area (TPSA) is 73.1 Å². The number of Topliss-reactive ketones (excluding diaryl/α,β-unsaturated/α-hetero) is 1. The zero-order valence-corrected chi connectivity index (χ0v) is 7.74. The number of nitrogens with zero attached hydrogens (tertiary/aromatic N) is 1. The van der Waals surface area contributed by atoms with Crippen LogP contribution in [0.15, 0.2) is 18.2 Å². The molecule has 1 rings (SSSR count). The van der Waals surface area contributed by atoms with Gasteiger partial charge in [0.1, 0.15) is 11.8 Å². The SMILES string of the molecule is CNCC(=O)c1ccc(O)c(C#N)c1. The van der Waals surface area contributed by atoms with Crippen molar-refractivity contribution in [2.75, 3.05) is 13.6 Å². The van der Waals surface area contributed by atoms with E-state index in [1.807, 2.05) is 6.07 Å². The molecule has 0 atom stereocenters. The van der Waals surface area contributed by atoms with Crippen molar-refractivity contribution in [3.05, 3.63) is 29.3 Å². The van der Waals surface area contributed by atoms with Crippen molar-refractivity contribution in [3.8, 4) is 11.8 Å². The van der Waals surface area contributed by atoms with Crippen molar-refractivity contribution >= 4 is 5.78 Å². The molecule has 0 radical (unpaired) electrons. The Hall–Kier alpha value is -1.86. The first kappa shape index (κ1) is 10.2. The van der Waals surface area contributed by atoms with Gasteiger partial charge in [-0.2, -0.15) is 5.26 Å². The van der Waals surface area contributed by atoms with Crippen LogP contribution in [0.25, 0.3) is 0 Å². The largest absolute Gasteiger partial charge is 0.507 e. The van der Waals surface area contributed by atoms with Crippen LogP contribution < -0.4 is 5.32 Å². The van der Waals surface area contributed by atoms with Crippen molar-refractivity contribution in [2.45, 2.75) is 0 Å². The summed E-state index contributed by atoms with van der Waals surface area (Å²) in [4.78, 5) is 11.4. The van der Waals surface area contributed by atoms with Gasteiger partial charge in [0, 0.05) is 5.56 Å². The van der Waals surface area contributed by atoms with Gasteiger partial charge in [-0.3, -0.25) is 4.79 Å². The van der Waals surface area contributed by atoms with E-state index in [1.165, 1.54) is 18.2 Å². The Morgan fingerprint density at radius 1 is 1.64 bits per heavy atom. The van der Waals surface area contributed by atoms with E-state index in [2.05, 4.69) is 5.32 Å². The van der Waals surface area contributed by atoms with E-state index in [0.717, 1.165) is 0 Å². The molecule has 0 aromatic heterocycles. The summed E-state index contributed by atoms with van der Waals surface area (Å²) in [5.74, 6) is -0.211. The molecule has 0 amide bonds. The lowest BCUT2D eigenvalue weighted by Crippen LogP contribution is -2.18. The third-order valence-corrected chi connectivity index (χ3v) is 1.78. The molecule has 1 aromatic rings. The summed E-state index contributed by atoms with van der Waals surface area (Å²) in [5.41, 5.74) is 0.542. The van der Waals surface area contributed by atoms with Gasteiger partial charge in [-0.25, -0.2) is 0 Å². The molecular weight excluding hydrogens is 180 g/mol. The second-order valence-corrected chi connectivity index (χ2v) is 2.80. The van der Waals surface area contributed by atoms with E-state index in [4.69, 9.17) is 5.26 Å². The van der Waals surface area contributed by atoms with E-state index >= 15 is 0 Å². The van der Waals surface area contributed by atoms with Crippen LogP contribution in [0, 0.1) is 11.3 Å². The second-order valence-electron chi connectivity index (χ2n) is 2.80. The summed E-state index contributed by atoms with van der Waals surface area (Å²) in [6.45, 7) is 0.218. The Balaban J connectivity index is 3.02. The molecule has 0 aliphatic heterocycles. The van der Waals surface area contributed by atoms with Gasteiger partial charge >= 0.3 is 0 Å². The molecule has 0 saturated carbocycles. The van der Waals surface area contributed by atoms with Crippen molar-refractivity contribution in [1.82, 2.24) is 5.32 Å². The third kappa shape index (κ3) is 2.09. The standard InChI is InChI=1S/C10H10N2O2/c1-12-6-10(14)7-2-3-9(13)8(4-7)5-11/h2-4,12-13H,6H2,1H3. The molecule has 2 N–H and O–H groups in total. The van der Waals surface area contributed by atoms with Gasteiger partial charge in [-0.05, 0) is 25.2 Å². The summed E-state index contributed by atoms with van der Waals surface area (Å²) in [7, 11) is 1.67. The van der Waals surface area contributed by atoms with Crippen LogP contribution in [0.4, 0.5) is 0 Å². The highest BCUT2D eigenvalue weighted by Gasteiger charge is 2.07. The van der Waals surface area contributed by atoms with Crippen molar-refractivity contribution < 1.29 is 9.90 Å². The second kappa shape index (κ2) is 4.40. The first-order chi connectivity index (χ1) is 6.69. The molecule has 14 heavy (non-hydrogen) atoms. The number of nitriles is 1. The Bertz CT molecular complexity index is 394. The van der Waals surface area contributed by atoms with Crippen LogP contribution in [-0.4, -0.2) is 24.5 Å². The molecule has 4 heteroatoms. The number of nitrogens with one attached hydrogen (secondary N) is 1. The van der Waals surface area contributed by atoms with Gasteiger partial charge < -0.3 is 10.4 Å². The smallest absolute Gasteiger partial charge is 0.176 e. The van der Waals surface area contributed by atoms with Crippen LogP contribution >= 0.6 is 0 Å². The number of likely N-dealkylation sites (N-methyl/N-ethyl adjacent to an activating group) is 1. The molecule has 0 saturated heterocycles. The fourth-order valence-electron chi connectivity index (χ4n) is 1.06. The molecule has 0 aliphatic carbocycles. The molecule has 72 valence electrons. The number of benzene rings is 1. The number of hydrogen-bond donors (Lipinski definition) is 2. The average molecular weight is 190 g/mol. The Morgan fingerprint density at radius 2 is 2.36 bits per heavy atom. The minimum absolute atomic E-state index is 0.103. The molecule has 0 heterocycles. The maximum Gasteiger partial charge on any atom is 0.176 e. The fourth-order valence-corrected chi connectivity index (χ4v) is 1.06. The maximum absolute atomic E-state index is 11.4. The minimum Gasteiger partial charge on any atom is -0.507 e. The highest BCUT2D eigenvalue weighted by atomic mass is 16.3. The molecule has 0 aliphatic rings. The summed E-state index contributed by atoms with van der Waals surface area (Å²) < 4.78 is 0. The van der Waals surface area contributed by atoms with Gasteiger partial charge in [0.15, 0.2) is 5.78 Å². The van der Waals surface area contributed by atoms with Crippen LogP contribution in [0.3, 0.4) is 0 Å². The van der Waals surface area contributed by atoms with Crippen LogP contribution in [-0.2, 0) is 0 Å². The van der Waals surface area contributed by atoms with Crippen LogP contribution in [0.1, 0.15) is 15.9 Å². The normalized spacial score (nSPS) is 9.43. The quantitative estimate of drug-likeness (QED) is 0.687. The monoisotopic (exact) mass is 190 g/mol. The van der Waals surface area contributed by atoms with Gasteiger partial charge in [-0.1, -0.05) is 0 Å². The summed E-state index contributed by atoms with van der Waals surface area (Å²) in [5, 5.41) is 20.5. The molecule has 0 unspecified atom stereocenters. The van der Waals surface area contributed by atoms with E-state index in [1.54, 1.807) is 7.05 Å². The number of carbonyl (C=O) groups excluding carboxylic acids is 1. The number of hydrogen-bond acceptors (Lipinski definition) is 4. The molecule has 4 nitrogen and oxygen atoms in total. The predicted molar refractivity (Wildman–Crippen MR) is 51.1 cm³/mol. The molecule has 0 spiro atoms. The molecular formula is C10H10N2O2.